The molecular formula is C18H16BrNO6S2. The summed E-state index contributed by atoms with van der Waals surface area (Å²) in [5.41, 5.74) is 0.845. The van der Waals surface area contributed by atoms with E-state index in [1.165, 1.54) is 13.0 Å². The second-order valence-corrected chi connectivity index (χ2v) is 9.92. The molecule has 10 heteroatoms. The van der Waals surface area contributed by atoms with Crippen molar-refractivity contribution in [2.24, 2.45) is 0 Å². The molecule has 1 unspecified atom stereocenters. The van der Waals surface area contributed by atoms with Crippen LogP contribution in [0.3, 0.4) is 0 Å². The molecule has 148 valence electrons. The third kappa shape index (κ3) is 4.75. The van der Waals surface area contributed by atoms with Crippen molar-refractivity contribution in [3.05, 3.63) is 51.5 Å². The van der Waals surface area contributed by atoms with E-state index < -0.39 is 20.7 Å². The zero-order chi connectivity index (χ0) is 20.5. The van der Waals surface area contributed by atoms with Crippen molar-refractivity contribution in [3.63, 3.8) is 0 Å². The minimum atomic E-state index is -4.52. The predicted octanol–water partition coefficient (Wildman–Crippen LogP) is 3.78. The highest BCUT2D eigenvalue weighted by Gasteiger charge is 2.43. The maximum atomic E-state index is 12.6. The van der Waals surface area contributed by atoms with Crippen molar-refractivity contribution in [1.82, 2.24) is 4.90 Å². The number of thioether (sulfide) groups is 1. The number of Topliss-reactive ketones (excluding diaryl/α,β-unsaturated/α-hetero) is 1. The van der Waals surface area contributed by atoms with Gasteiger partial charge in [-0.1, -0.05) is 39.8 Å². The fourth-order valence-corrected chi connectivity index (χ4v) is 5.12. The van der Waals surface area contributed by atoms with Gasteiger partial charge in [0, 0.05) is 29.1 Å². The van der Waals surface area contributed by atoms with Gasteiger partial charge in [0.15, 0.2) is 0 Å². The molecule has 1 fully saturated rings. The summed E-state index contributed by atoms with van der Waals surface area (Å²) in [7, 11) is -4.52. The maximum absolute atomic E-state index is 12.6. The summed E-state index contributed by atoms with van der Waals surface area (Å²) in [6.07, 6.45) is 1.43. The van der Waals surface area contributed by atoms with E-state index in [1.807, 2.05) is 24.3 Å². The van der Waals surface area contributed by atoms with Crippen LogP contribution in [0, 0.1) is 0 Å². The molecule has 1 aliphatic heterocycles. The van der Waals surface area contributed by atoms with Crippen LogP contribution in [-0.4, -0.2) is 40.8 Å². The molecule has 1 atom stereocenters. The average Bonchev–Trinajstić information content (AvgIpc) is 3.19. The second kappa shape index (κ2) is 8.24. The Labute approximate surface area is 174 Å². The largest absolute Gasteiger partial charge is 0.457 e. The quantitative estimate of drug-likeness (QED) is 0.490. The molecule has 2 heterocycles. The minimum absolute atomic E-state index is 0.0000664. The van der Waals surface area contributed by atoms with Crippen molar-refractivity contribution in [1.29, 1.82) is 0 Å². The second-order valence-electron chi connectivity index (χ2n) is 6.11. The van der Waals surface area contributed by atoms with Crippen molar-refractivity contribution in [3.8, 4) is 11.3 Å². The van der Waals surface area contributed by atoms with Crippen molar-refractivity contribution < 1.29 is 27.0 Å². The van der Waals surface area contributed by atoms with E-state index in [1.54, 1.807) is 12.1 Å². The fourth-order valence-electron chi connectivity index (χ4n) is 2.59. The lowest BCUT2D eigenvalue weighted by Crippen LogP contribution is -2.38. The number of hydrogen-bond donors (Lipinski definition) is 1. The number of carbonyl (C=O) groups is 2. The van der Waals surface area contributed by atoms with Crippen LogP contribution < -0.4 is 0 Å². The molecule has 1 amide bonds. The van der Waals surface area contributed by atoms with Crippen LogP contribution in [0.5, 0.6) is 0 Å². The Balaban J connectivity index is 1.86. The molecule has 0 bridgehead atoms. The topological polar surface area (TPSA) is 105 Å². The first-order valence-corrected chi connectivity index (χ1v) is 11.3. The predicted molar refractivity (Wildman–Crippen MR) is 110 cm³/mol. The number of halogens is 1. The number of hydrogen-bond acceptors (Lipinski definition) is 6. The number of nitrogens with zero attached hydrogens (tertiary/aromatic N) is 1. The van der Waals surface area contributed by atoms with E-state index in [0.29, 0.717) is 23.3 Å². The van der Waals surface area contributed by atoms with Gasteiger partial charge in [-0.25, -0.2) is 0 Å². The molecule has 0 spiro atoms. The van der Waals surface area contributed by atoms with E-state index >= 15 is 0 Å². The third-order valence-electron chi connectivity index (χ3n) is 3.94. The first-order valence-electron chi connectivity index (χ1n) is 8.16. The number of rotatable bonds is 6. The normalized spacial score (nSPS) is 18.8. The van der Waals surface area contributed by atoms with Crippen molar-refractivity contribution >= 4 is 55.6 Å². The van der Waals surface area contributed by atoms with Crippen LogP contribution in [0.2, 0.25) is 0 Å². The van der Waals surface area contributed by atoms with E-state index in [2.05, 4.69) is 15.9 Å². The highest BCUT2D eigenvalue weighted by Crippen LogP contribution is 2.39. The lowest BCUT2D eigenvalue weighted by molar-refractivity contribution is -0.126. The maximum Gasteiger partial charge on any atom is 0.296 e. The molecule has 1 saturated heterocycles. The van der Waals surface area contributed by atoms with Gasteiger partial charge in [0.05, 0.1) is 4.91 Å². The Bertz CT molecular complexity index is 1040. The third-order valence-corrected chi connectivity index (χ3v) is 7.26. The molecule has 0 aliphatic carbocycles. The number of carbonyl (C=O) groups excluding carboxylic acids is 2. The summed E-state index contributed by atoms with van der Waals surface area (Å²) in [6.45, 7) is 1.25. The Morgan fingerprint density at radius 2 is 1.96 bits per heavy atom. The van der Waals surface area contributed by atoms with Gasteiger partial charge in [0.25, 0.3) is 16.0 Å². The van der Waals surface area contributed by atoms with Crippen LogP contribution >= 0.6 is 27.7 Å². The van der Waals surface area contributed by atoms with E-state index in [9.17, 15) is 22.6 Å². The molecule has 2 aromatic rings. The Morgan fingerprint density at radius 1 is 1.29 bits per heavy atom. The van der Waals surface area contributed by atoms with Crippen LogP contribution in [0.1, 0.15) is 19.1 Å². The van der Waals surface area contributed by atoms with Gasteiger partial charge in [-0.15, -0.1) is 0 Å². The summed E-state index contributed by atoms with van der Waals surface area (Å²) in [6, 6.07) is 10.9. The van der Waals surface area contributed by atoms with E-state index in [-0.39, 0.29) is 23.7 Å². The molecule has 7 nitrogen and oxygen atoms in total. The molecule has 1 aromatic heterocycles. The lowest BCUT2D eigenvalue weighted by Gasteiger charge is -2.19. The van der Waals surface area contributed by atoms with Gasteiger partial charge in [-0.2, -0.15) is 8.42 Å². The standard InChI is InChI=1S/C18H16BrNO6S2/c1-11(21)8-9-20-17(22)16(27-18(20)28(23,24)25)10-14-6-7-15(26-14)12-2-4-13(19)5-3-12/h2-7,10,18H,8-9H2,1H3,(H,23,24,25). The zero-order valence-electron chi connectivity index (χ0n) is 14.7. The van der Waals surface area contributed by atoms with Crippen molar-refractivity contribution in [2.45, 2.75) is 18.1 Å². The average molecular weight is 486 g/mol. The molecule has 0 saturated carbocycles. The first-order chi connectivity index (χ1) is 13.1. The van der Waals surface area contributed by atoms with E-state index in [0.717, 1.165) is 14.9 Å². The monoisotopic (exact) mass is 485 g/mol. The number of amides is 1. The highest BCUT2D eigenvalue weighted by atomic mass is 79.9. The number of furan rings is 1. The smallest absolute Gasteiger partial charge is 0.296 e. The van der Waals surface area contributed by atoms with Crippen molar-refractivity contribution in [2.75, 3.05) is 6.54 Å². The molecule has 1 aromatic carbocycles. The summed E-state index contributed by atoms with van der Waals surface area (Å²) in [4.78, 5) is 24.9. The van der Waals surface area contributed by atoms with Crippen LogP contribution in [-0.2, 0) is 19.7 Å². The molecular weight excluding hydrogens is 470 g/mol. The first kappa shape index (κ1) is 20.8. The zero-order valence-corrected chi connectivity index (χ0v) is 17.9. The molecule has 1 N–H and O–H groups in total. The Kier molecular flexibility index (Phi) is 6.13. The molecule has 1 aliphatic rings. The lowest BCUT2D eigenvalue weighted by atomic mass is 10.2. The summed E-state index contributed by atoms with van der Waals surface area (Å²) >= 11 is 4.07. The number of ketones is 1. The van der Waals surface area contributed by atoms with E-state index in [4.69, 9.17) is 4.42 Å². The highest BCUT2D eigenvalue weighted by molar-refractivity contribution is 9.10. The van der Waals surface area contributed by atoms with Gasteiger partial charge < -0.3 is 9.32 Å². The molecule has 3 rings (SSSR count). The van der Waals surface area contributed by atoms with Crippen LogP contribution in [0.4, 0.5) is 0 Å². The summed E-state index contributed by atoms with van der Waals surface area (Å²) < 4.78 is 37.9. The van der Waals surface area contributed by atoms with Gasteiger partial charge in [0.1, 0.15) is 17.3 Å². The van der Waals surface area contributed by atoms with Gasteiger partial charge in [-0.3, -0.25) is 14.1 Å². The SMILES string of the molecule is CC(=O)CCN1C(=O)C(=Cc2ccc(-c3ccc(Br)cc3)o2)SC1S(=O)(=O)O. The minimum Gasteiger partial charge on any atom is -0.457 e. The Hall–Kier alpha value is -1.88. The fraction of sp³-hybridized carbons (Fsp3) is 0.222. The number of benzene rings is 1. The van der Waals surface area contributed by atoms with Crippen LogP contribution in [0.25, 0.3) is 17.4 Å². The molecule has 28 heavy (non-hydrogen) atoms. The summed E-state index contributed by atoms with van der Waals surface area (Å²) in [5, 5.41) is 0. The van der Waals surface area contributed by atoms with Gasteiger partial charge >= 0.3 is 0 Å². The van der Waals surface area contributed by atoms with Crippen LogP contribution in [0.15, 0.2) is 50.2 Å². The van der Waals surface area contributed by atoms with Gasteiger partial charge in [-0.05, 0) is 31.2 Å². The Morgan fingerprint density at radius 3 is 2.57 bits per heavy atom. The van der Waals surface area contributed by atoms with Gasteiger partial charge in [0.2, 0.25) is 4.71 Å². The summed E-state index contributed by atoms with van der Waals surface area (Å²) in [5.74, 6) is 0.204. The molecule has 0 radical (unpaired) electrons.